The monoisotopic (exact) mass is 448 g/mol. The first kappa shape index (κ1) is 22.1. The highest BCUT2D eigenvalue weighted by Crippen LogP contribution is 2.34. The first-order valence-electron chi connectivity index (χ1n) is 11.8. The van der Waals surface area contributed by atoms with Gasteiger partial charge < -0.3 is 9.64 Å². The average molecular weight is 449 g/mol. The Morgan fingerprint density at radius 2 is 1.65 bits per heavy atom. The third kappa shape index (κ3) is 4.13. The normalized spacial score (nSPS) is 18.1. The molecule has 0 unspecified atom stereocenters. The molecule has 0 bridgehead atoms. The van der Waals surface area contributed by atoms with Crippen LogP contribution in [0.3, 0.4) is 0 Å². The summed E-state index contributed by atoms with van der Waals surface area (Å²) in [6, 6.07) is 20.5. The number of anilines is 1. The van der Waals surface area contributed by atoms with Crippen LogP contribution in [0.2, 0.25) is 0 Å². The molecule has 4 aromatic rings. The van der Waals surface area contributed by atoms with Gasteiger partial charge in [0, 0.05) is 47.6 Å². The van der Waals surface area contributed by atoms with E-state index in [1.54, 1.807) is 0 Å². The Balaban J connectivity index is 1.52. The molecule has 2 atom stereocenters. The summed E-state index contributed by atoms with van der Waals surface area (Å²) in [5.74, 6) is 0.987. The van der Waals surface area contributed by atoms with E-state index in [2.05, 4.69) is 62.1 Å². The molecular weight excluding hydrogens is 420 g/mol. The van der Waals surface area contributed by atoms with Gasteiger partial charge in [-0.25, -0.2) is 4.98 Å². The SMILES string of the molecule is CCc1c(-c2ccc(N3C[C@@H](C)O[C@@H](C)C3)nc2)cnc2c(-c3ccc(C#N)cc3)cccc12. The molecule has 1 aliphatic heterocycles. The molecule has 1 saturated heterocycles. The molecule has 2 aromatic heterocycles. The lowest BCUT2D eigenvalue weighted by molar-refractivity contribution is -0.00545. The molecule has 5 heteroatoms. The van der Waals surface area contributed by atoms with Crippen molar-refractivity contribution in [2.24, 2.45) is 0 Å². The number of pyridine rings is 2. The van der Waals surface area contributed by atoms with Crippen LogP contribution in [0.15, 0.2) is 67.0 Å². The Bertz CT molecular complexity index is 1350. The van der Waals surface area contributed by atoms with Gasteiger partial charge in [-0.15, -0.1) is 0 Å². The van der Waals surface area contributed by atoms with E-state index < -0.39 is 0 Å². The van der Waals surface area contributed by atoms with Crippen molar-refractivity contribution in [1.29, 1.82) is 5.26 Å². The van der Waals surface area contributed by atoms with Crippen molar-refractivity contribution in [2.45, 2.75) is 39.4 Å². The second-order valence-electron chi connectivity index (χ2n) is 8.96. The number of aromatic nitrogens is 2. The summed E-state index contributed by atoms with van der Waals surface area (Å²) < 4.78 is 5.86. The fraction of sp³-hybridized carbons (Fsp3) is 0.276. The van der Waals surface area contributed by atoms with E-state index in [-0.39, 0.29) is 12.2 Å². The molecular formula is C29H28N4O. The Hall–Kier alpha value is -3.75. The number of rotatable bonds is 4. The molecule has 5 rings (SSSR count). The van der Waals surface area contributed by atoms with E-state index in [4.69, 9.17) is 20.0 Å². The first-order valence-corrected chi connectivity index (χ1v) is 11.8. The summed E-state index contributed by atoms with van der Waals surface area (Å²) in [7, 11) is 0. The van der Waals surface area contributed by atoms with Gasteiger partial charge in [0.2, 0.25) is 0 Å². The summed E-state index contributed by atoms with van der Waals surface area (Å²) in [5.41, 5.74) is 7.24. The molecule has 2 aromatic carbocycles. The number of benzene rings is 2. The van der Waals surface area contributed by atoms with Gasteiger partial charge in [0.05, 0.1) is 29.4 Å². The molecule has 0 amide bonds. The maximum atomic E-state index is 9.12. The predicted molar refractivity (Wildman–Crippen MR) is 137 cm³/mol. The average Bonchev–Trinajstić information content (AvgIpc) is 2.87. The van der Waals surface area contributed by atoms with Crippen molar-refractivity contribution in [3.8, 4) is 28.3 Å². The van der Waals surface area contributed by atoms with Gasteiger partial charge >= 0.3 is 0 Å². The van der Waals surface area contributed by atoms with Gasteiger partial charge in [-0.1, -0.05) is 37.3 Å². The van der Waals surface area contributed by atoms with E-state index in [1.165, 1.54) is 5.56 Å². The number of aryl methyl sites for hydroxylation is 1. The van der Waals surface area contributed by atoms with Gasteiger partial charge in [-0.3, -0.25) is 4.98 Å². The number of nitriles is 1. The minimum absolute atomic E-state index is 0.201. The van der Waals surface area contributed by atoms with Crippen molar-refractivity contribution in [3.63, 3.8) is 0 Å². The van der Waals surface area contributed by atoms with Crippen molar-refractivity contribution < 1.29 is 4.74 Å². The highest BCUT2D eigenvalue weighted by Gasteiger charge is 2.23. The van der Waals surface area contributed by atoms with Crippen LogP contribution in [0, 0.1) is 11.3 Å². The number of hydrogen-bond acceptors (Lipinski definition) is 5. The lowest BCUT2D eigenvalue weighted by atomic mass is 9.93. The summed E-state index contributed by atoms with van der Waals surface area (Å²) in [5, 5.41) is 10.3. The second kappa shape index (κ2) is 9.24. The van der Waals surface area contributed by atoms with Gasteiger partial charge in [0.1, 0.15) is 5.82 Å². The van der Waals surface area contributed by atoms with E-state index in [1.807, 2.05) is 36.7 Å². The van der Waals surface area contributed by atoms with Crippen LogP contribution < -0.4 is 4.90 Å². The molecule has 170 valence electrons. The van der Waals surface area contributed by atoms with Gasteiger partial charge in [-0.2, -0.15) is 5.26 Å². The van der Waals surface area contributed by atoms with Gasteiger partial charge in [0.25, 0.3) is 0 Å². The maximum absolute atomic E-state index is 9.12. The largest absolute Gasteiger partial charge is 0.372 e. The van der Waals surface area contributed by atoms with Crippen LogP contribution in [-0.2, 0) is 11.2 Å². The topological polar surface area (TPSA) is 62.0 Å². The Morgan fingerprint density at radius 1 is 0.912 bits per heavy atom. The van der Waals surface area contributed by atoms with Gasteiger partial charge in [-0.05, 0) is 55.7 Å². The number of para-hydroxylation sites is 1. The van der Waals surface area contributed by atoms with Crippen molar-refractivity contribution in [2.75, 3.05) is 18.0 Å². The molecule has 0 spiro atoms. The van der Waals surface area contributed by atoms with E-state index in [0.29, 0.717) is 5.56 Å². The number of fused-ring (bicyclic) bond motifs is 1. The summed E-state index contributed by atoms with van der Waals surface area (Å²) in [6.07, 6.45) is 5.24. The first-order chi connectivity index (χ1) is 16.6. The lowest BCUT2D eigenvalue weighted by Crippen LogP contribution is -2.45. The number of nitrogens with zero attached hydrogens (tertiary/aromatic N) is 4. The molecule has 0 aliphatic carbocycles. The number of hydrogen-bond donors (Lipinski definition) is 0. The fourth-order valence-corrected chi connectivity index (χ4v) is 4.96. The fourth-order valence-electron chi connectivity index (χ4n) is 4.96. The van der Waals surface area contributed by atoms with Crippen LogP contribution in [0.25, 0.3) is 33.2 Å². The van der Waals surface area contributed by atoms with Gasteiger partial charge in [0.15, 0.2) is 0 Å². The van der Waals surface area contributed by atoms with Crippen LogP contribution in [0.1, 0.15) is 31.9 Å². The van der Waals surface area contributed by atoms with Crippen molar-refractivity contribution in [1.82, 2.24) is 9.97 Å². The number of ether oxygens (including phenoxy) is 1. The molecule has 0 radical (unpaired) electrons. The Morgan fingerprint density at radius 3 is 2.29 bits per heavy atom. The Labute approximate surface area is 200 Å². The smallest absolute Gasteiger partial charge is 0.128 e. The quantitative estimate of drug-likeness (QED) is 0.382. The minimum atomic E-state index is 0.201. The minimum Gasteiger partial charge on any atom is -0.372 e. The summed E-state index contributed by atoms with van der Waals surface area (Å²) in [6.45, 7) is 8.11. The highest BCUT2D eigenvalue weighted by molar-refractivity contribution is 5.98. The zero-order chi connectivity index (χ0) is 23.7. The number of morpholine rings is 1. The van der Waals surface area contributed by atoms with Crippen molar-refractivity contribution in [3.05, 3.63) is 78.1 Å². The predicted octanol–water partition coefficient (Wildman–Crippen LogP) is 6.01. The van der Waals surface area contributed by atoms with Crippen LogP contribution >= 0.6 is 0 Å². The van der Waals surface area contributed by atoms with Crippen LogP contribution in [0.4, 0.5) is 5.82 Å². The second-order valence-corrected chi connectivity index (χ2v) is 8.96. The zero-order valence-corrected chi connectivity index (χ0v) is 19.8. The molecule has 0 saturated carbocycles. The van der Waals surface area contributed by atoms with E-state index in [9.17, 15) is 0 Å². The van der Waals surface area contributed by atoms with Crippen LogP contribution in [-0.4, -0.2) is 35.3 Å². The summed E-state index contributed by atoms with van der Waals surface area (Å²) in [4.78, 5) is 12.0. The molecule has 5 nitrogen and oxygen atoms in total. The van der Waals surface area contributed by atoms with E-state index in [0.717, 1.165) is 58.5 Å². The third-order valence-electron chi connectivity index (χ3n) is 6.49. The molecule has 3 heterocycles. The molecule has 34 heavy (non-hydrogen) atoms. The Kier molecular flexibility index (Phi) is 6.00. The highest BCUT2D eigenvalue weighted by atomic mass is 16.5. The van der Waals surface area contributed by atoms with E-state index >= 15 is 0 Å². The molecule has 0 N–H and O–H groups in total. The third-order valence-corrected chi connectivity index (χ3v) is 6.49. The molecule has 1 fully saturated rings. The summed E-state index contributed by atoms with van der Waals surface area (Å²) >= 11 is 0. The zero-order valence-electron chi connectivity index (χ0n) is 19.8. The van der Waals surface area contributed by atoms with Crippen LogP contribution in [0.5, 0.6) is 0 Å². The standard InChI is InChI=1S/C29H28N4O/c1-4-24-26-7-5-6-25(22-10-8-21(14-30)9-11-22)29(26)32-16-27(24)23-12-13-28(31-15-23)33-17-19(2)34-20(3)18-33/h5-13,15-16,19-20H,4,17-18H2,1-3H3/t19-,20+. The maximum Gasteiger partial charge on any atom is 0.128 e. The lowest BCUT2D eigenvalue weighted by Gasteiger charge is -2.36. The van der Waals surface area contributed by atoms with Crippen molar-refractivity contribution >= 4 is 16.7 Å². The molecule has 1 aliphatic rings.